The number of nitrogens with one attached hydrogen (secondary N) is 1. The van der Waals surface area contributed by atoms with Crippen LogP contribution >= 0.6 is 11.6 Å². The van der Waals surface area contributed by atoms with E-state index in [0.29, 0.717) is 35.8 Å². The first-order chi connectivity index (χ1) is 16.8. The van der Waals surface area contributed by atoms with Gasteiger partial charge in [0.2, 0.25) is 5.91 Å². The molecular weight excluding hydrogens is 462 g/mol. The van der Waals surface area contributed by atoms with Crippen LogP contribution < -0.4 is 5.32 Å². The van der Waals surface area contributed by atoms with Crippen molar-refractivity contribution in [2.45, 2.75) is 83.3 Å². The van der Waals surface area contributed by atoms with Crippen LogP contribution in [0.3, 0.4) is 0 Å². The average molecular weight is 496 g/mol. The lowest BCUT2D eigenvalue weighted by atomic mass is 9.91. The van der Waals surface area contributed by atoms with Crippen LogP contribution in [0.4, 0.5) is 0 Å². The number of hydrogen-bond acceptors (Lipinski definition) is 3. The van der Waals surface area contributed by atoms with Gasteiger partial charge in [-0.1, -0.05) is 55.8 Å². The van der Waals surface area contributed by atoms with E-state index < -0.39 is 5.54 Å². The van der Waals surface area contributed by atoms with E-state index in [1.165, 1.54) is 19.3 Å². The number of hydrogen-bond donors (Lipinski definition) is 1. The molecule has 1 fully saturated rings. The molecule has 6 nitrogen and oxygen atoms in total. The highest BCUT2D eigenvalue weighted by Gasteiger charge is 2.48. The molecule has 7 heteroatoms. The van der Waals surface area contributed by atoms with Crippen LogP contribution in [-0.4, -0.2) is 39.4 Å². The van der Waals surface area contributed by atoms with E-state index in [0.717, 1.165) is 42.5 Å². The predicted octanol–water partition coefficient (Wildman–Crippen LogP) is 5.88. The second-order valence-electron chi connectivity index (χ2n) is 10.3. The van der Waals surface area contributed by atoms with Gasteiger partial charge in [-0.3, -0.25) is 9.59 Å². The summed E-state index contributed by atoms with van der Waals surface area (Å²) in [5, 5.41) is 4.02. The Morgan fingerprint density at radius 2 is 1.80 bits per heavy atom. The van der Waals surface area contributed by atoms with E-state index in [1.807, 2.05) is 54.8 Å². The minimum atomic E-state index is -1.00. The van der Waals surface area contributed by atoms with E-state index in [-0.39, 0.29) is 17.9 Å². The van der Waals surface area contributed by atoms with E-state index in [1.54, 1.807) is 4.90 Å². The monoisotopic (exact) mass is 495 g/mol. The minimum absolute atomic E-state index is 0.0692. The summed E-state index contributed by atoms with van der Waals surface area (Å²) in [5.41, 5.74) is 2.21. The number of rotatable bonds is 5. The summed E-state index contributed by atoms with van der Waals surface area (Å²) in [7, 11) is 0. The Morgan fingerprint density at radius 1 is 1.11 bits per heavy atom. The maximum atomic E-state index is 13.9. The number of furan rings is 1. The summed E-state index contributed by atoms with van der Waals surface area (Å²) in [4.78, 5) is 29.5. The van der Waals surface area contributed by atoms with Gasteiger partial charge in [0.15, 0.2) is 5.58 Å². The van der Waals surface area contributed by atoms with Gasteiger partial charge >= 0.3 is 0 Å². The quantitative estimate of drug-likeness (QED) is 0.480. The number of aryl methyl sites for hydroxylation is 1. The van der Waals surface area contributed by atoms with Gasteiger partial charge in [-0.2, -0.15) is 0 Å². The lowest BCUT2D eigenvalue weighted by molar-refractivity contribution is -0.133. The van der Waals surface area contributed by atoms with Crippen LogP contribution in [0.15, 0.2) is 40.8 Å². The lowest BCUT2D eigenvalue weighted by Crippen LogP contribution is -2.65. The van der Waals surface area contributed by atoms with Crippen molar-refractivity contribution in [3.05, 3.63) is 58.4 Å². The number of aromatic nitrogens is 1. The van der Waals surface area contributed by atoms with Gasteiger partial charge in [0.25, 0.3) is 5.91 Å². The Balaban J connectivity index is 1.45. The number of fused-ring (bicyclic) bond motifs is 3. The summed E-state index contributed by atoms with van der Waals surface area (Å²) in [6.45, 7) is 4.65. The first-order valence-corrected chi connectivity index (χ1v) is 13.2. The molecule has 5 rings (SSSR count). The molecule has 186 valence electrons. The number of carbonyl (C=O) groups excluding carboxylic acids is 2. The highest BCUT2D eigenvalue weighted by atomic mass is 35.5. The zero-order chi connectivity index (χ0) is 24.6. The van der Waals surface area contributed by atoms with Crippen LogP contribution in [0.2, 0.25) is 5.02 Å². The molecule has 0 spiro atoms. The van der Waals surface area contributed by atoms with Crippen molar-refractivity contribution in [3.8, 4) is 0 Å². The van der Waals surface area contributed by atoms with Crippen molar-refractivity contribution in [3.63, 3.8) is 0 Å². The summed E-state index contributed by atoms with van der Waals surface area (Å²) in [5.74, 6) is 0.591. The Bertz CT molecular complexity index is 1220. The van der Waals surface area contributed by atoms with Gasteiger partial charge in [-0.25, -0.2) is 0 Å². The van der Waals surface area contributed by atoms with Crippen molar-refractivity contribution in [1.29, 1.82) is 0 Å². The molecule has 0 radical (unpaired) electrons. The zero-order valence-electron chi connectivity index (χ0n) is 20.6. The molecule has 35 heavy (non-hydrogen) atoms. The van der Waals surface area contributed by atoms with Crippen LogP contribution in [-0.2, 0) is 17.8 Å². The maximum Gasteiger partial charge on any atom is 0.271 e. The molecule has 3 aromatic rings. The fraction of sp³-hybridized carbons (Fsp3) is 0.500. The number of benzene rings is 1. The number of carbonyl (C=O) groups is 2. The van der Waals surface area contributed by atoms with Crippen molar-refractivity contribution in [2.24, 2.45) is 0 Å². The van der Waals surface area contributed by atoms with Crippen LogP contribution in [0, 0.1) is 6.92 Å². The third kappa shape index (κ3) is 4.73. The topological polar surface area (TPSA) is 67.5 Å². The van der Waals surface area contributed by atoms with Crippen molar-refractivity contribution in [1.82, 2.24) is 14.8 Å². The molecule has 0 saturated heterocycles. The Kier molecular flexibility index (Phi) is 6.67. The summed E-state index contributed by atoms with van der Waals surface area (Å²) in [6, 6.07) is 11.6. The normalized spacial score (nSPS) is 21.6. The van der Waals surface area contributed by atoms with Gasteiger partial charge in [0.05, 0.1) is 12.1 Å². The molecule has 2 aliphatic rings. The zero-order valence-corrected chi connectivity index (χ0v) is 21.4. The SMILES string of the molecule is Cc1cc2c(cc3n2CC(C)(C(=O)NC2CCCCCCC2)N(CCc2ccc(Cl)cc2)C3=O)o1. The van der Waals surface area contributed by atoms with Gasteiger partial charge in [-0.15, -0.1) is 0 Å². The highest BCUT2D eigenvalue weighted by Crippen LogP contribution is 2.34. The largest absolute Gasteiger partial charge is 0.460 e. The first-order valence-electron chi connectivity index (χ1n) is 12.8. The molecule has 2 amide bonds. The second kappa shape index (κ2) is 9.73. The third-order valence-corrected chi connectivity index (χ3v) is 7.96. The van der Waals surface area contributed by atoms with Gasteiger partial charge in [0, 0.05) is 29.7 Å². The molecule has 1 N–H and O–H groups in total. The first kappa shape index (κ1) is 24.0. The number of halogens is 1. The van der Waals surface area contributed by atoms with E-state index >= 15 is 0 Å². The van der Waals surface area contributed by atoms with E-state index in [2.05, 4.69) is 5.32 Å². The van der Waals surface area contributed by atoms with Crippen LogP contribution in [0.25, 0.3) is 11.1 Å². The Labute approximate surface area is 211 Å². The minimum Gasteiger partial charge on any atom is -0.460 e. The standard InChI is InChI=1S/C28H34ClN3O3/c1-19-16-23-25(35-19)17-24-26(33)32(15-14-20-10-12-21(29)13-11-20)28(2,18-31(23)24)27(34)30-22-8-6-4-3-5-7-9-22/h10-13,16-17,22H,3-9,14-15,18H2,1-2H3,(H,30,34). The smallest absolute Gasteiger partial charge is 0.271 e. The molecule has 1 aliphatic carbocycles. The number of amides is 2. The van der Waals surface area contributed by atoms with Crippen molar-refractivity contribution < 1.29 is 14.0 Å². The van der Waals surface area contributed by atoms with Gasteiger partial charge < -0.3 is 19.2 Å². The Morgan fingerprint density at radius 3 is 2.51 bits per heavy atom. The Hall–Kier alpha value is -2.73. The van der Waals surface area contributed by atoms with Crippen molar-refractivity contribution >= 4 is 34.5 Å². The summed E-state index contributed by atoms with van der Waals surface area (Å²) < 4.78 is 7.78. The maximum absolute atomic E-state index is 13.9. The average Bonchev–Trinajstić information content (AvgIpc) is 3.33. The van der Waals surface area contributed by atoms with Crippen LogP contribution in [0.5, 0.6) is 0 Å². The number of nitrogens with zero attached hydrogens (tertiary/aromatic N) is 2. The predicted molar refractivity (Wildman–Crippen MR) is 138 cm³/mol. The van der Waals surface area contributed by atoms with Gasteiger partial charge in [0.1, 0.15) is 17.0 Å². The summed E-state index contributed by atoms with van der Waals surface area (Å²) in [6.07, 6.45) is 8.64. The second-order valence-corrected chi connectivity index (χ2v) is 10.8. The molecule has 3 heterocycles. The molecule has 1 aromatic carbocycles. The molecule has 2 aromatic heterocycles. The van der Waals surface area contributed by atoms with Gasteiger partial charge in [-0.05, 0) is 50.8 Å². The van der Waals surface area contributed by atoms with Crippen LogP contribution in [0.1, 0.15) is 73.7 Å². The summed E-state index contributed by atoms with van der Waals surface area (Å²) >= 11 is 6.05. The molecule has 1 atom stereocenters. The molecule has 0 bridgehead atoms. The molecule has 1 aliphatic heterocycles. The van der Waals surface area contributed by atoms with E-state index in [4.69, 9.17) is 16.0 Å². The molecular formula is C28H34ClN3O3. The fourth-order valence-electron chi connectivity index (χ4n) is 5.64. The fourth-order valence-corrected chi connectivity index (χ4v) is 5.77. The molecule has 1 saturated carbocycles. The molecule has 1 unspecified atom stereocenters. The highest BCUT2D eigenvalue weighted by molar-refractivity contribution is 6.30. The lowest BCUT2D eigenvalue weighted by Gasteiger charge is -2.44. The third-order valence-electron chi connectivity index (χ3n) is 7.71. The van der Waals surface area contributed by atoms with E-state index in [9.17, 15) is 9.59 Å². The van der Waals surface area contributed by atoms with Crippen molar-refractivity contribution in [2.75, 3.05) is 6.54 Å².